The van der Waals surface area contributed by atoms with Crippen LogP contribution in [0.15, 0.2) is 30.5 Å². The van der Waals surface area contributed by atoms with Crippen LogP contribution in [0.2, 0.25) is 0 Å². The van der Waals surface area contributed by atoms with Crippen molar-refractivity contribution in [2.75, 3.05) is 0 Å². The van der Waals surface area contributed by atoms with E-state index in [0.717, 1.165) is 17.5 Å². The zero-order valence-electron chi connectivity index (χ0n) is 12.0. The maximum Gasteiger partial charge on any atom is 0.222 e. The first-order valence-electron chi connectivity index (χ1n) is 6.61. The molecule has 4 heteroatoms. The topological polar surface area (TPSA) is 48.1 Å². The van der Waals surface area contributed by atoms with Crippen molar-refractivity contribution in [3.8, 4) is 11.6 Å². The molecular weight excluding hydrogens is 255 g/mol. The molecule has 0 saturated carbocycles. The molecule has 3 nitrogen and oxygen atoms in total. The van der Waals surface area contributed by atoms with E-state index in [1.54, 1.807) is 31.3 Å². The summed E-state index contributed by atoms with van der Waals surface area (Å²) in [6, 6.07) is 7.11. The molecule has 1 heterocycles. The van der Waals surface area contributed by atoms with Crippen LogP contribution in [0.4, 0.5) is 4.39 Å². The molecule has 1 unspecified atom stereocenters. The van der Waals surface area contributed by atoms with Crippen molar-refractivity contribution in [1.29, 1.82) is 0 Å². The SMILES string of the molecule is Cc1cc(CC(C)N)cnc1Oc1cccc(C)c1F. The standard InChI is InChI=1S/C16H19FN2O/c1-10-5-4-6-14(15(10)17)20-16-11(2)7-13(9-19-16)8-12(3)18/h4-7,9,12H,8,18H2,1-3H3. The summed E-state index contributed by atoms with van der Waals surface area (Å²) in [6.45, 7) is 5.54. The van der Waals surface area contributed by atoms with Crippen molar-refractivity contribution in [2.45, 2.75) is 33.2 Å². The van der Waals surface area contributed by atoms with Gasteiger partial charge in [-0.05, 0) is 50.5 Å². The average molecular weight is 274 g/mol. The van der Waals surface area contributed by atoms with Gasteiger partial charge in [-0.25, -0.2) is 9.37 Å². The van der Waals surface area contributed by atoms with Crippen molar-refractivity contribution < 1.29 is 9.13 Å². The van der Waals surface area contributed by atoms with Gasteiger partial charge in [0.05, 0.1) is 0 Å². The number of rotatable bonds is 4. The van der Waals surface area contributed by atoms with Crippen LogP contribution in [0.1, 0.15) is 23.6 Å². The molecule has 0 aliphatic rings. The van der Waals surface area contributed by atoms with Gasteiger partial charge in [-0.2, -0.15) is 0 Å². The molecule has 0 radical (unpaired) electrons. The number of nitrogens with two attached hydrogens (primary N) is 1. The summed E-state index contributed by atoms with van der Waals surface area (Å²) in [7, 11) is 0. The summed E-state index contributed by atoms with van der Waals surface area (Å²) in [6.07, 6.45) is 2.48. The highest BCUT2D eigenvalue weighted by Crippen LogP contribution is 2.27. The van der Waals surface area contributed by atoms with E-state index in [-0.39, 0.29) is 17.6 Å². The molecule has 0 bridgehead atoms. The van der Waals surface area contributed by atoms with Crippen LogP contribution in [0.3, 0.4) is 0 Å². The number of aryl methyl sites for hydroxylation is 2. The molecular formula is C16H19FN2O. The van der Waals surface area contributed by atoms with Gasteiger partial charge in [-0.1, -0.05) is 12.1 Å². The fourth-order valence-corrected chi connectivity index (χ4v) is 2.01. The van der Waals surface area contributed by atoms with E-state index in [2.05, 4.69) is 4.98 Å². The second kappa shape index (κ2) is 6.01. The van der Waals surface area contributed by atoms with Crippen LogP contribution in [0, 0.1) is 19.7 Å². The number of nitrogens with zero attached hydrogens (tertiary/aromatic N) is 1. The molecule has 1 aromatic carbocycles. The Bertz CT molecular complexity index is 611. The van der Waals surface area contributed by atoms with E-state index < -0.39 is 0 Å². The Hall–Kier alpha value is -1.94. The minimum Gasteiger partial charge on any atom is -0.436 e. The van der Waals surface area contributed by atoms with Gasteiger partial charge >= 0.3 is 0 Å². The molecule has 0 aliphatic carbocycles. The van der Waals surface area contributed by atoms with Crippen molar-refractivity contribution in [1.82, 2.24) is 4.98 Å². The van der Waals surface area contributed by atoms with E-state index in [4.69, 9.17) is 10.5 Å². The van der Waals surface area contributed by atoms with Gasteiger partial charge in [-0.15, -0.1) is 0 Å². The maximum atomic E-state index is 13.9. The molecule has 0 amide bonds. The monoisotopic (exact) mass is 274 g/mol. The number of benzene rings is 1. The number of halogens is 1. The Morgan fingerprint density at radius 1 is 1.30 bits per heavy atom. The lowest BCUT2D eigenvalue weighted by Crippen LogP contribution is -2.17. The van der Waals surface area contributed by atoms with Crippen LogP contribution >= 0.6 is 0 Å². The predicted octanol–water partition coefficient (Wildman–Crippen LogP) is 3.52. The summed E-state index contributed by atoms with van der Waals surface area (Å²) in [5.41, 5.74) is 8.23. The molecule has 1 aromatic heterocycles. The molecule has 106 valence electrons. The average Bonchev–Trinajstić information content (AvgIpc) is 2.37. The number of hydrogen-bond acceptors (Lipinski definition) is 3. The third-order valence-electron chi connectivity index (χ3n) is 3.01. The Kier molecular flexibility index (Phi) is 4.35. The van der Waals surface area contributed by atoms with Crippen LogP contribution in [0.25, 0.3) is 0 Å². The normalized spacial score (nSPS) is 12.2. The minimum atomic E-state index is -0.353. The maximum absolute atomic E-state index is 13.9. The fourth-order valence-electron chi connectivity index (χ4n) is 2.01. The lowest BCUT2D eigenvalue weighted by Gasteiger charge is -2.11. The molecule has 20 heavy (non-hydrogen) atoms. The fraction of sp³-hybridized carbons (Fsp3) is 0.312. The molecule has 2 aromatic rings. The first-order chi connectivity index (χ1) is 9.47. The summed E-state index contributed by atoms with van der Waals surface area (Å²) in [4.78, 5) is 4.25. The van der Waals surface area contributed by atoms with Gasteiger partial charge in [0, 0.05) is 17.8 Å². The van der Waals surface area contributed by atoms with Crippen molar-refractivity contribution in [3.05, 3.63) is 53.0 Å². The third-order valence-corrected chi connectivity index (χ3v) is 3.01. The van der Waals surface area contributed by atoms with Gasteiger partial charge in [0.15, 0.2) is 11.6 Å². The van der Waals surface area contributed by atoms with E-state index in [1.807, 2.05) is 19.9 Å². The summed E-state index contributed by atoms with van der Waals surface area (Å²) in [5, 5.41) is 0. The smallest absolute Gasteiger partial charge is 0.222 e. The first kappa shape index (κ1) is 14.5. The van der Waals surface area contributed by atoms with Gasteiger partial charge < -0.3 is 10.5 Å². The molecule has 2 rings (SSSR count). The predicted molar refractivity (Wildman–Crippen MR) is 77.5 cm³/mol. The Morgan fingerprint density at radius 3 is 2.70 bits per heavy atom. The third kappa shape index (κ3) is 3.33. The molecule has 0 fully saturated rings. The minimum absolute atomic E-state index is 0.0807. The lowest BCUT2D eigenvalue weighted by molar-refractivity contribution is 0.422. The Balaban J connectivity index is 2.24. The lowest BCUT2D eigenvalue weighted by atomic mass is 10.1. The number of ether oxygens (including phenoxy) is 1. The summed E-state index contributed by atoms with van der Waals surface area (Å²) in [5.74, 6) is 0.261. The van der Waals surface area contributed by atoms with Crippen LogP contribution in [0.5, 0.6) is 11.6 Å². The second-order valence-electron chi connectivity index (χ2n) is 5.14. The number of pyridine rings is 1. The number of aromatic nitrogens is 1. The van der Waals surface area contributed by atoms with E-state index in [0.29, 0.717) is 11.4 Å². The Morgan fingerprint density at radius 2 is 2.05 bits per heavy atom. The zero-order chi connectivity index (χ0) is 14.7. The van der Waals surface area contributed by atoms with Gasteiger partial charge in [0.1, 0.15) is 0 Å². The van der Waals surface area contributed by atoms with E-state index in [1.165, 1.54) is 0 Å². The largest absolute Gasteiger partial charge is 0.436 e. The summed E-state index contributed by atoms with van der Waals surface area (Å²) < 4.78 is 19.5. The van der Waals surface area contributed by atoms with Crippen molar-refractivity contribution >= 4 is 0 Å². The number of hydrogen-bond donors (Lipinski definition) is 1. The van der Waals surface area contributed by atoms with E-state index >= 15 is 0 Å². The quantitative estimate of drug-likeness (QED) is 0.928. The first-order valence-corrected chi connectivity index (χ1v) is 6.61. The molecule has 2 N–H and O–H groups in total. The molecule has 0 saturated heterocycles. The van der Waals surface area contributed by atoms with Crippen LogP contribution in [-0.4, -0.2) is 11.0 Å². The van der Waals surface area contributed by atoms with Crippen molar-refractivity contribution in [3.63, 3.8) is 0 Å². The highest BCUT2D eigenvalue weighted by molar-refractivity contribution is 5.36. The highest BCUT2D eigenvalue weighted by Gasteiger charge is 2.10. The molecule has 1 atom stereocenters. The van der Waals surface area contributed by atoms with Crippen LogP contribution in [-0.2, 0) is 6.42 Å². The highest BCUT2D eigenvalue weighted by atomic mass is 19.1. The molecule has 0 aliphatic heterocycles. The summed E-state index contributed by atoms with van der Waals surface area (Å²) >= 11 is 0. The second-order valence-corrected chi connectivity index (χ2v) is 5.14. The van der Waals surface area contributed by atoms with Gasteiger partial charge in [0.25, 0.3) is 0 Å². The zero-order valence-corrected chi connectivity index (χ0v) is 12.0. The molecule has 0 spiro atoms. The van der Waals surface area contributed by atoms with Crippen LogP contribution < -0.4 is 10.5 Å². The van der Waals surface area contributed by atoms with Gasteiger partial charge in [0.2, 0.25) is 5.88 Å². The van der Waals surface area contributed by atoms with Crippen molar-refractivity contribution in [2.24, 2.45) is 5.73 Å². The van der Waals surface area contributed by atoms with Gasteiger partial charge in [-0.3, -0.25) is 0 Å². The van der Waals surface area contributed by atoms with E-state index in [9.17, 15) is 4.39 Å². The Labute approximate surface area is 118 Å².